The largest absolute Gasteiger partial charge is 0.508 e. The van der Waals surface area contributed by atoms with E-state index in [-0.39, 0.29) is 17.7 Å². The Morgan fingerprint density at radius 2 is 1.87 bits per heavy atom. The van der Waals surface area contributed by atoms with Gasteiger partial charge >= 0.3 is 0 Å². The zero-order valence-corrected chi connectivity index (χ0v) is 18.0. The number of phenolic OH excluding ortho intramolecular Hbond substituents is 1. The molecule has 0 bridgehead atoms. The second kappa shape index (κ2) is 8.94. The van der Waals surface area contributed by atoms with Crippen LogP contribution >= 0.6 is 0 Å². The van der Waals surface area contributed by atoms with Crippen LogP contribution in [0.1, 0.15) is 37.4 Å². The van der Waals surface area contributed by atoms with Crippen LogP contribution in [0.3, 0.4) is 0 Å². The molecule has 2 N–H and O–H groups in total. The number of hydrogen-bond acceptors (Lipinski definition) is 5. The summed E-state index contributed by atoms with van der Waals surface area (Å²) in [7, 11) is 0. The standard InChI is InChI=1S/C24H32N4O2/c1-17-7-10-27(11-8-17)21-13-18(2)25-23(15-21)26-20-9-12-28(16-20)24(30)14-19-3-5-22(29)6-4-19/h3-6,13,15,17,20,29H,7-12,14,16H2,1-2H3,(H,25,26)/t20-/m0/s1. The molecule has 4 rings (SSSR count). The highest BCUT2D eigenvalue weighted by Gasteiger charge is 2.26. The average Bonchev–Trinajstić information content (AvgIpc) is 3.18. The maximum absolute atomic E-state index is 12.7. The molecule has 30 heavy (non-hydrogen) atoms. The molecule has 1 amide bonds. The van der Waals surface area contributed by atoms with Crippen molar-refractivity contribution in [2.75, 3.05) is 36.4 Å². The van der Waals surface area contributed by atoms with E-state index in [9.17, 15) is 9.90 Å². The fraction of sp³-hybridized carbons (Fsp3) is 0.500. The molecule has 0 spiro atoms. The van der Waals surface area contributed by atoms with E-state index in [1.165, 1.54) is 18.5 Å². The Labute approximate surface area is 178 Å². The van der Waals surface area contributed by atoms with Gasteiger partial charge in [0.15, 0.2) is 0 Å². The molecule has 2 fully saturated rings. The molecule has 6 heteroatoms. The number of phenols is 1. The molecular weight excluding hydrogens is 376 g/mol. The van der Waals surface area contributed by atoms with Crippen molar-refractivity contribution in [3.63, 3.8) is 0 Å². The van der Waals surface area contributed by atoms with E-state index < -0.39 is 0 Å². The Hall–Kier alpha value is -2.76. The van der Waals surface area contributed by atoms with Crippen LogP contribution in [-0.2, 0) is 11.2 Å². The van der Waals surface area contributed by atoms with Gasteiger partial charge in [-0.05, 0) is 55.9 Å². The molecule has 2 aliphatic heterocycles. The van der Waals surface area contributed by atoms with Crippen molar-refractivity contribution in [2.45, 2.75) is 45.6 Å². The molecule has 1 aromatic carbocycles. The first-order valence-corrected chi connectivity index (χ1v) is 11.0. The number of nitrogens with one attached hydrogen (secondary N) is 1. The first kappa shape index (κ1) is 20.5. The van der Waals surface area contributed by atoms with Gasteiger partial charge in [-0.3, -0.25) is 4.79 Å². The third kappa shape index (κ3) is 5.04. The first-order chi connectivity index (χ1) is 14.5. The number of likely N-dealkylation sites (tertiary alicyclic amines) is 1. The number of anilines is 2. The summed E-state index contributed by atoms with van der Waals surface area (Å²) >= 11 is 0. The molecule has 2 aromatic rings. The molecule has 0 unspecified atom stereocenters. The van der Waals surface area contributed by atoms with E-state index in [2.05, 4.69) is 34.3 Å². The van der Waals surface area contributed by atoms with E-state index >= 15 is 0 Å². The number of piperidine rings is 1. The number of rotatable bonds is 5. The Balaban J connectivity index is 1.35. The minimum absolute atomic E-state index is 0.130. The zero-order valence-electron chi connectivity index (χ0n) is 18.0. The lowest BCUT2D eigenvalue weighted by atomic mass is 9.99. The highest BCUT2D eigenvalue weighted by molar-refractivity contribution is 5.79. The lowest BCUT2D eigenvalue weighted by Crippen LogP contribution is -2.33. The maximum atomic E-state index is 12.7. The smallest absolute Gasteiger partial charge is 0.227 e. The number of pyridine rings is 1. The van der Waals surface area contributed by atoms with Crippen LogP contribution in [0.4, 0.5) is 11.5 Å². The predicted molar refractivity (Wildman–Crippen MR) is 120 cm³/mol. The topological polar surface area (TPSA) is 68.7 Å². The number of amides is 1. The van der Waals surface area contributed by atoms with Crippen LogP contribution in [0, 0.1) is 12.8 Å². The van der Waals surface area contributed by atoms with Crippen molar-refractivity contribution in [2.24, 2.45) is 5.92 Å². The Kier molecular flexibility index (Phi) is 6.11. The number of benzene rings is 1. The highest BCUT2D eigenvalue weighted by atomic mass is 16.3. The lowest BCUT2D eigenvalue weighted by molar-refractivity contribution is -0.129. The summed E-state index contributed by atoms with van der Waals surface area (Å²) in [6.07, 6.45) is 3.77. The number of aromatic hydroxyl groups is 1. The summed E-state index contributed by atoms with van der Waals surface area (Å²) in [4.78, 5) is 21.7. The van der Waals surface area contributed by atoms with Gasteiger partial charge in [0, 0.05) is 49.7 Å². The van der Waals surface area contributed by atoms with Crippen LogP contribution in [0.15, 0.2) is 36.4 Å². The number of aromatic nitrogens is 1. The molecular formula is C24H32N4O2. The Bertz CT molecular complexity index is 875. The van der Waals surface area contributed by atoms with Crippen LogP contribution in [0.2, 0.25) is 0 Å². The molecule has 2 aliphatic rings. The van der Waals surface area contributed by atoms with Gasteiger partial charge in [0.2, 0.25) is 5.91 Å². The van der Waals surface area contributed by atoms with Gasteiger partial charge in [-0.25, -0.2) is 4.98 Å². The van der Waals surface area contributed by atoms with Gasteiger partial charge in [0.25, 0.3) is 0 Å². The quantitative estimate of drug-likeness (QED) is 0.791. The summed E-state index contributed by atoms with van der Waals surface area (Å²) < 4.78 is 0. The summed E-state index contributed by atoms with van der Waals surface area (Å²) in [5, 5.41) is 13.0. The third-order valence-electron chi connectivity index (χ3n) is 6.27. The number of carbonyl (C=O) groups is 1. The second-order valence-electron chi connectivity index (χ2n) is 8.83. The van der Waals surface area contributed by atoms with E-state index in [1.54, 1.807) is 24.3 Å². The van der Waals surface area contributed by atoms with Crippen molar-refractivity contribution in [3.8, 4) is 5.75 Å². The number of carbonyl (C=O) groups excluding carboxylic acids is 1. The monoisotopic (exact) mass is 408 g/mol. The van der Waals surface area contributed by atoms with Crippen LogP contribution in [0.5, 0.6) is 5.75 Å². The number of aryl methyl sites for hydroxylation is 1. The molecule has 3 heterocycles. The lowest BCUT2D eigenvalue weighted by Gasteiger charge is -2.32. The SMILES string of the molecule is Cc1cc(N2CCC(C)CC2)cc(N[C@H]2CCN(C(=O)Cc3ccc(O)cc3)C2)n1. The summed E-state index contributed by atoms with van der Waals surface area (Å²) in [6, 6.07) is 11.4. The normalized spacial score (nSPS) is 19.9. The van der Waals surface area contributed by atoms with Gasteiger partial charge in [-0.2, -0.15) is 0 Å². The zero-order chi connectivity index (χ0) is 21.1. The van der Waals surface area contributed by atoms with Gasteiger partial charge in [0.1, 0.15) is 11.6 Å². The molecule has 0 saturated carbocycles. The minimum Gasteiger partial charge on any atom is -0.508 e. The van der Waals surface area contributed by atoms with Crippen molar-refractivity contribution >= 4 is 17.4 Å². The average molecular weight is 409 g/mol. The van der Waals surface area contributed by atoms with Crippen molar-refractivity contribution < 1.29 is 9.90 Å². The number of hydrogen-bond donors (Lipinski definition) is 2. The van der Waals surface area contributed by atoms with Crippen molar-refractivity contribution in [1.82, 2.24) is 9.88 Å². The van der Waals surface area contributed by atoms with Crippen LogP contribution in [0.25, 0.3) is 0 Å². The van der Waals surface area contributed by atoms with E-state index in [1.807, 2.05) is 11.8 Å². The predicted octanol–water partition coefficient (Wildman–Crippen LogP) is 3.59. The molecule has 1 atom stereocenters. The molecule has 2 saturated heterocycles. The van der Waals surface area contributed by atoms with E-state index in [0.717, 1.165) is 49.0 Å². The summed E-state index contributed by atoms with van der Waals surface area (Å²) in [5.74, 6) is 2.07. The number of nitrogens with zero attached hydrogens (tertiary/aromatic N) is 3. The van der Waals surface area contributed by atoms with Crippen LogP contribution in [-0.4, -0.2) is 53.1 Å². The van der Waals surface area contributed by atoms with E-state index in [4.69, 9.17) is 0 Å². The van der Waals surface area contributed by atoms with Gasteiger partial charge in [0.05, 0.1) is 6.42 Å². The Morgan fingerprint density at radius 3 is 2.60 bits per heavy atom. The summed E-state index contributed by atoms with van der Waals surface area (Å²) in [5.41, 5.74) is 3.19. The molecule has 0 radical (unpaired) electrons. The molecule has 160 valence electrons. The minimum atomic E-state index is 0.130. The molecule has 6 nitrogen and oxygen atoms in total. The van der Waals surface area contributed by atoms with Crippen molar-refractivity contribution in [1.29, 1.82) is 0 Å². The fourth-order valence-corrected chi connectivity index (χ4v) is 4.39. The van der Waals surface area contributed by atoms with E-state index in [0.29, 0.717) is 13.0 Å². The Morgan fingerprint density at radius 1 is 1.13 bits per heavy atom. The van der Waals surface area contributed by atoms with Crippen LogP contribution < -0.4 is 10.2 Å². The van der Waals surface area contributed by atoms with Gasteiger partial charge < -0.3 is 20.2 Å². The molecule has 1 aromatic heterocycles. The van der Waals surface area contributed by atoms with Crippen molar-refractivity contribution in [3.05, 3.63) is 47.7 Å². The first-order valence-electron chi connectivity index (χ1n) is 11.0. The van der Waals surface area contributed by atoms with Gasteiger partial charge in [-0.15, -0.1) is 0 Å². The second-order valence-corrected chi connectivity index (χ2v) is 8.83. The van der Waals surface area contributed by atoms with Gasteiger partial charge in [-0.1, -0.05) is 19.1 Å². The fourth-order valence-electron chi connectivity index (χ4n) is 4.39. The highest BCUT2D eigenvalue weighted by Crippen LogP contribution is 2.26. The maximum Gasteiger partial charge on any atom is 0.227 e. The summed E-state index contributed by atoms with van der Waals surface area (Å²) in [6.45, 7) is 8.04. The molecule has 0 aliphatic carbocycles. The third-order valence-corrected chi connectivity index (χ3v) is 6.27.